The fourth-order valence-electron chi connectivity index (χ4n) is 2.74. The van der Waals surface area contributed by atoms with E-state index in [2.05, 4.69) is 34.1 Å². The maximum absolute atomic E-state index is 12.8. The Bertz CT molecular complexity index is 867. The summed E-state index contributed by atoms with van der Waals surface area (Å²) < 4.78 is 0.388. The Labute approximate surface area is 155 Å². The molecule has 1 aromatic carbocycles. The van der Waals surface area contributed by atoms with Crippen LogP contribution >= 0.6 is 22.9 Å². The van der Waals surface area contributed by atoms with Crippen molar-refractivity contribution in [3.8, 4) is 0 Å². The summed E-state index contributed by atoms with van der Waals surface area (Å²) in [5.74, 6) is 0.888. The van der Waals surface area contributed by atoms with E-state index in [1.54, 1.807) is 0 Å². The second kappa shape index (κ2) is 7.14. The molecule has 0 aliphatic heterocycles. The molecule has 2 aromatic heterocycles. The molecular weight excluding hydrogens is 356 g/mol. The Balaban J connectivity index is 1.91. The van der Waals surface area contributed by atoms with Gasteiger partial charge in [-0.25, -0.2) is 9.97 Å². The van der Waals surface area contributed by atoms with Gasteiger partial charge in [0, 0.05) is 4.88 Å². The highest BCUT2D eigenvalue weighted by Gasteiger charge is 2.26. The van der Waals surface area contributed by atoms with Crippen molar-refractivity contribution in [2.45, 2.75) is 39.7 Å². The minimum absolute atomic E-state index is 0.168. The second-order valence-corrected chi connectivity index (χ2v) is 8.28. The van der Waals surface area contributed by atoms with Crippen LogP contribution < -0.4 is 5.32 Å². The van der Waals surface area contributed by atoms with Crippen molar-refractivity contribution in [1.29, 1.82) is 0 Å². The Kier molecular flexibility index (Phi) is 5.11. The molecule has 2 heterocycles. The van der Waals surface area contributed by atoms with Crippen LogP contribution in [0.2, 0.25) is 4.47 Å². The third kappa shape index (κ3) is 3.70. The predicted molar refractivity (Wildman–Crippen MR) is 102 cm³/mol. The molecule has 25 heavy (non-hydrogen) atoms. The van der Waals surface area contributed by atoms with E-state index in [-0.39, 0.29) is 23.8 Å². The van der Waals surface area contributed by atoms with Crippen LogP contribution in [0.3, 0.4) is 0 Å². The van der Waals surface area contributed by atoms with E-state index in [9.17, 15) is 4.79 Å². The molecule has 1 atom stereocenters. The quantitative estimate of drug-likeness (QED) is 0.663. The zero-order valence-corrected chi connectivity index (χ0v) is 16.2. The SMILES string of the molecule is CC(C)c1sc(Cl)nc1C(=O)N[C@@H](c1nc2ccccc2[nH]1)C(C)C. The largest absolute Gasteiger partial charge is 0.340 e. The summed E-state index contributed by atoms with van der Waals surface area (Å²) in [6, 6.07) is 7.59. The van der Waals surface area contributed by atoms with Crippen molar-refractivity contribution in [2.24, 2.45) is 5.92 Å². The lowest BCUT2D eigenvalue weighted by Gasteiger charge is -2.20. The van der Waals surface area contributed by atoms with E-state index in [1.807, 2.05) is 38.1 Å². The van der Waals surface area contributed by atoms with E-state index in [4.69, 9.17) is 11.6 Å². The van der Waals surface area contributed by atoms with Crippen LogP contribution in [0.4, 0.5) is 0 Å². The van der Waals surface area contributed by atoms with Crippen LogP contribution in [0.25, 0.3) is 11.0 Å². The fraction of sp³-hybridized carbons (Fsp3) is 0.389. The number of fused-ring (bicyclic) bond motifs is 1. The van der Waals surface area contributed by atoms with Crippen molar-refractivity contribution in [1.82, 2.24) is 20.3 Å². The molecule has 0 spiro atoms. The number of benzene rings is 1. The van der Waals surface area contributed by atoms with Gasteiger partial charge in [-0.3, -0.25) is 4.79 Å². The number of amides is 1. The van der Waals surface area contributed by atoms with Crippen molar-refractivity contribution in [3.63, 3.8) is 0 Å². The molecule has 3 aromatic rings. The Morgan fingerprint density at radius 3 is 2.56 bits per heavy atom. The van der Waals surface area contributed by atoms with Gasteiger partial charge in [-0.05, 0) is 24.0 Å². The number of aromatic nitrogens is 3. The van der Waals surface area contributed by atoms with Crippen molar-refractivity contribution in [3.05, 3.63) is 45.1 Å². The molecule has 0 aliphatic carbocycles. The molecular formula is C18H21ClN4OS. The summed E-state index contributed by atoms with van der Waals surface area (Å²) in [7, 11) is 0. The predicted octanol–water partition coefficient (Wildman–Crippen LogP) is 4.92. The monoisotopic (exact) mass is 376 g/mol. The normalized spacial score (nSPS) is 12.9. The summed E-state index contributed by atoms with van der Waals surface area (Å²) in [5.41, 5.74) is 2.25. The first kappa shape index (κ1) is 17.9. The molecule has 0 radical (unpaired) electrons. The van der Waals surface area contributed by atoms with Gasteiger partial charge in [-0.2, -0.15) is 0 Å². The first-order chi connectivity index (χ1) is 11.9. The van der Waals surface area contributed by atoms with Gasteiger partial charge in [0.05, 0.1) is 17.1 Å². The van der Waals surface area contributed by atoms with Crippen LogP contribution in [0.15, 0.2) is 24.3 Å². The minimum atomic E-state index is -0.236. The molecule has 0 saturated carbocycles. The molecule has 3 rings (SSSR count). The topological polar surface area (TPSA) is 70.7 Å². The van der Waals surface area contributed by atoms with Gasteiger partial charge in [0.15, 0.2) is 4.47 Å². The average molecular weight is 377 g/mol. The maximum atomic E-state index is 12.8. The highest BCUT2D eigenvalue weighted by molar-refractivity contribution is 7.16. The molecule has 0 fully saturated rings. The summed E-state index contributed by atoms with van der Waals surface area (Å²) in [5, 5.41) is 3.07. The number of hydrogen-bond donors (Lipinski definition) is 2. The Morgan fingerprint density at radius 1 is 1.20 bits per heavy atom. The van der Waals surface area contributed by atoms with E-state index < -0.39 is 0 Å². The van der Waals surface area contributed by atoms with Crippen molar-refractivity contribution >= 4 is 39.9 Å². The molecule has 0 unspecified atom stereocenters. The number of rotatable bonds is 5. The first-order valence-corrected chi connectivity index (χ1v) is 9.48. The third-order valence-electron chi connectivity index (χ3n) is 4.02. The van der Waals surface area contributed by atoms with Gasteiger partial charge in [0.1, 0.15) is 11.5 Å². The van der Waals surface area contributed by atoms with Crippen LogP contribution in [-0.2, 0) is 0 Å². The van der Waals surface area contributed by atoms with Crippen LogP contribution in [0.5, 0.6) is 0 Å². The lowest BCUT2D eigenvalue weighted by Crippen LogP contribution is -2.33. The summed E-state index contributed by atoms with van der Waals surface area (Å²) >= 11 is 7.39. The fourth-order valence-corrected chi connectivity index (χ4v) is 3.86. The number of imidazole rings is 1. The van der Waals surface area contributed by atoms with Gasteiger partial charge < -0.3 is 10.3 Å². The molecule has 0 bridgehead atoms. The van der Waals surface area contributed by atoms with Crippen molar-refractivity contribution in [2.75, 3.05) is 0 Å². The van der Waals surface area contributed by atoms with Gasteiger partial charge in [-0.15, -0.1) is 11.3 Å². The summed E-state index contributed by atoms with van der Waals surface area (Å²) in [6.45, 7) is 8.16. The number of halogens is 1. The van der Waals surface area contributed by atoms with Gasteiger partial charge in [0.2, 0.25) is 0 Å². The van der Waals surface area contributed by atoms with Gasteiger partial charge in [0.25, 0.3) is 5.91 Å². The lowest BCUT2D eigenvalue weighted by atomic mass is 10.0. The number of para-hydroxylation sites is 2. The number of H-pyrrole nitrogens is 1. The number of thiazole rings is 1. The average Bonchev–Trinajstić information content (AvgIpc) is 3.15. The standard InChI is InChI=1S/C18H21ClN4OS/c1-9(2)13(16-20-11-7-5-6-8-12(11)21-16)22-17(24)14-15(10(3)4)25-18(19)23-14/h5-10,13H,1-4H3,(H,20,21)(H,22,24)/t13-/m1/s1. The molecule has 0 saturated heterocycles. The summed E-state index contributed by atoms with van der Waals surface area (Å²) in [4.78, 5) is 25.9. The van der Waals surface area contributed by atoms with E-state index >= 15 is 0 Å². The molecule has 132 valence electrons. The molecule has 1 amide bonds. The Hall–Kier alpha value is -1.92. The lowest BCUT2D eigenvalue weighted by molar-refractivity contribution is 0.0917. The highest BCUT2D eigenvalue weighted by atomic mass is 35.5. The van der Waals surface area contributed by atoms with Gasteiger partial charge >= 0.3 is 0 Å². The van der Waals surface area contributed by atoms with Crippen LogP contribution in [0.1, 0.15) is 60.8 Å². The third-order valence-corrected chi connectivity index (χ3v) is 5.48. The molecule has 0 aliphatic rings. The number of carbonyl (C=O) groups is 1. The van der Waals surface area contributed by atoms with Crippen molar-refractivity contribution < 1.29 is 4.79 Å². The zero-order chi connectivity index (χ0) is 18.1. The smallest absolute Gasteiger partial charge is 0.271 e. The summed E-state index contributed by atoms with van der Waals surface area (Å²) in [6.07, 6.45) is 0. The maximum Gasteiger partial charge on any atom is 0.271 e. The number of nitrogens with one attached hydrogen (secondary N) is 2. The van der Waals surface area contributed by atoms with Crippen LogP contribution in [0, 0.1) is 5.92 Å². The molecule has 5 nitrogen and oxygen atoms in total. The molecule has 2 N–H and O–H groups in total. The molecule has 7 heteroatoms. The first-order valence-electron chi connectivity index (χ1n) is 8.28. The minimum Gasteiger partial charge on any atom is -0.340 e. The highest BCUT2D eigenvalue weighted by Crippen LogP contribution is 2.30. The Morgan fingerprint density at radius 2 is 1.92 bits per heavy atom. The van der Waals surface area contributed by atoms with E-state index in [0.717, 1.165) is 21.7 Å². The number of carbonyl (C=O) groups excluding carboxylic acids is 1. The van der Waals surface area contributed by atoms with Crippen LogP contribution in [-0.4, -0.2) is 20.9 Å². The number of hydrogen-bond acceptors (Lipinski definition) is 4. The number of nitrogens with zero attached hydrogens (tertiary/aromatic N) is 2. The van der Waals surface area contributed by atoms with Gasteiger partial charge in [-0.1, -0.05) is 51.4 Å². The number of aromatic amines is 1. The van der Waals surface area contributed by atoms with E-state index in [1.165, 1.54) is 11.3 Å². The second-order valence-electron chi connectivity index (χ2n) is 6.67. The van der Waals surface area contributed by atoms with E-state index in [0.29, 0.717) is 10.2 Å². The zero-order valence-electron chi connectivity index (χ0n) is 14.6.